The fraction of sp³-hybridized carbons (Fsp3) is 0.318. The number of benzene rings is 2. The van der Waals surface area contributed by atoms with Crippen LogP contribution in [-0.2, 0) is 14.3 Å². The molecule has 2 aromatic carbocycles. The number of carbonyl (C=O) groups excluding carboxylic acids is 3. The number of hydrogen-bond acceptors (Lipinski definition) is 4. The van der Waals surface area contributed by atoms with Crippen molar-refractivity contribution in [2.45, 2.75) is 39.0 Å². The van der Waals surface area contributed by atoms with Crippen LogP contribution in [0, 0.1) is 5.82 Å². The Balaban J connectivity index is 1.79. The van der Waals surface area contributed by atoms with Crippen molar-refractivity contribution in [2.75, 3.05) is 11.9 Å². The highest BCUT2D eigenvalue weighted by Gasteiger charge is 2.14. The second-order valence-corrected chi connectivity index (χ2v) is 6.54. The third-order valence-corrected chi connectivity index (χ3v) is 4.46. The van der Waals surface area contributed by atoms with E-state index in [2.05, 4.69) is 19.2 Å². The van der Waals surface area contributed by atoms with Crippen molar-refractivity contribution in [3.05, 3.63) is 65.5 Å². The number of para-hydroxylation sites is 1. The van der Waals surface area contributed by atoms with Gasteiger partial charge < -0.3 is 10.1 Å². The van der Waals surface area contributed by atoms with Crippen molar-refractivity contribution in [1.29, 1.82) is 0 Å². The molecule has 1 amide bonds. The van der Waals surface area contributed by atoms with Gasteiger partial charge in [0.1, 0.15) is 5.82 Å². The first-order valence-electron chi connectivity index (χ1n) is 9.23. The molecule has 1 atom stereocenters. The number of amides is 1. The normalized spacial score (nSPS) is 11.5. The molecule has 2 aromatic rings. The minimum atomic E-state index is -0.638. The van der Waals surface area contributed by atoms with Crippen molar-refractivity contribution >= 4 is 23.3 Å². The van der Waals surface area contributed by atoms with E-state index < -0.39 is 24.3 Å². The van der Waals surface area contributed by atoms with Crippen LogP contribution in [0.15, 0.2) is 48.5 Å². The molecule has 0 unspecified atom stereocenters. The summed E-state index contributed by atoms with van der Waals surface area (Å²) in [6.07, 6.45) is 0.722. The number of ether oxygens (including phenoxy) is 1. The number of Topliss-reactive ketones (excluding diaryl/α,β-unsaturated/α-hetero) is 1. The van der Waals surface area contributed by atoms with Crippen LogP contribution in [-0.4, -0.2) is 24.3 Å². The van der Waals surface area contributed by atoms with Crippen molar-refractivity contribution in [3.8, 4) is 0 Å². The first kappa shape index (κ1) is 21.3. The predicted molar refractivity (Wildman–Crippen MR) is 105 cm³/mol. The van der Waals surface area contributed by atoms with Crippen LogP contribution >= 0.6 is 0 Å². The summed E-state index contributed by atoms with van der Waals surface area (Å²) >= 11 is 0. The topological polar surface area (TPSA) is 72.5 Å². The van der Waals surface area contributed by atoms with Gasteiger partial charge in [-0.05, 0) is 48.2 Å². The number of esters is 1. The molecule has 0 spiro atoms. The Morgan fingerprint density at radius 1 is 1.04 bits per heavy atom. The Bertz CT molecular complexity index is 833. The second kappa shape index (κ2) is 10.3. The average Bonchev–Trinajstić information content (AvgIpc) is 2.70. The number of hydrogen-bond donors (Lipinski definition) is 1. The van der Waals surface area contributed by atoms with E-state index in [4.69, 9.17) is 4.74 Å². The molecule has 0 aromatic heterocycles. The lowest BCUT2D eigenvalue weighted by Crippen LogP contribution is -2.22. The molecule has 0 bridgehead atoms. The molecule has 2 rings (SSSR count). The summed E-state index contributed by atoms with van der Waals surface area (Å²) < 4.78 is 17.8. The van der Waals surface area contributed by atoms with Crippen molar-refractivity contribution in [2.24, 2.45) is 0 Å². The molecule has 0 fully saturated rings. The maximum atomic E-state index is 12.9. The minimum Gasteiger partial charge on any atom is -0.456 e. The molecular formula is C22H24FNO4. The molecule has 0 radical (unpaired) electrons. The van der Waals surface area contributed by atoms with E-state index in [0.717, 1.165) is 12.0 Å². The van der Waals surface area contributed by atoms with Crippen molar-refractivity contribution in [1.82, 2.24) is 0 Å². The molecule has 148 valence electrons. The summed E-state index contributed by atoms with van der Waals surface area (Å²) in [5.74, 6) is -1.51. The SMILES string of the molecule is CC[C@@H](C)c1ccccc1NC(=O)COC(=O)CCC(=O)c1ccc(F)cc1. The van der Waals surface area contributed by atoms with Gasteiger partial charge in [0.05, 0.1) is 6.42 Å². The largest absolute Gasteiger partial charge is 0.456 e. The summed E-state index contributed by atoms with van der Waals surface area (Å²) in [6.45, 7) is 3.72. The third kappa shape index (κ3) is 6.30. The van der Waals surface area contributed by atoms with Crippen LogP contribution < -0.4 is 5.32 Å². The molecular weight excluding hydrogens is 361 g/mol. The van der Waals surface area contributed by atoms with Gasteiger partial charge in [-0.15, -0.1) is 0 Å². The first-order valence-corrected chi connectivity index (χ1v) is 9.23. The fourth-order valence-corrected chi connectivity index (χ4v) is 2.66. The van der Waals surface area contributed by atoms with E-state index in [1.54, 1.807) is 0 Å². The van der Waals surface area contributed by atoms with Crippen LogP contribution in [0.3, 0.4) is 0 Å². The van der Waals surface area contributed by atoms with Crippen LogP contribution in [0.1, 0.15) is 54.9 Å². The van der Waals surface area contributed by atoms with Gasteiger partial charge in [0, 0.05) is 17.7 Å². The average molecular weight is 385 g/mol. The van der Waals surface area contributed by atoms with Gasteiger partial charge >= 0.3 is 5.97 Å². The molecule has 0 saturated carbocycles. The Kier molecular flexibility index (Phi) is 7.87. The lowest BCUT2D eigenvalue weighted by Gasteiger charge is -2.15. The lowest BCUT2D eigenvalue weighted by molar-refractivity contribution is -0.147. The maximum Gasteiger partial charge on any atom is 0.306 e. The summed E-state index contributed by atoms with van der Waals surface area (Å²) in [5, 5.41) is 2.76. The van der Waals surface area contributed by atoms with Crippen molar-refractivity contribution < 1.29 is 23.5 Å². The third-order valence-electron chi connectivity index (χ3n) is 4.46. The highest BCUT2D eigenvalue weighted by Crippen LogP contribution is 2.26. The van der Waals surface area contributed by atoms with E-state index in [1.807, 2.05) is 24.3 Å². The zero-order valence-corrected chi connectivity index (χ0v) is 16.0. The zero-order valence-electron chi connectivity index (χ0n) is 16.0. The molecule has 6 heteroatoms. The standard InChI is InChI=1S/C22H24FNO4/c1-3-15(2)18-6-4-5-7-19(18)24-21(26)14-28-22(27)13-12-20(25)16-8-10-17(23)11-9-16/h4-11,15H,3,12-14H2,1-2H3,(H,24,26)/t15-/m1/s1. The fourth-order valence-electron chi connectivity index (χ4n) is 2.66. The van der Waals surface area contributed by atoms with Gasteiger partial charge in [-0.1, -0.05) is 32.0 Å². The van der Waals surface area contributed by atoms with E-state index in [1.165, 1.54) is 24.3 Å². The molecule has 5 nitrogen and oxygen atoms in total. The van der Waals surface area contributed by atoms with E-state index in [0.29, 0.717) is 11.3 Å². The first-order chi connectivity index (χ1) is 13.4. The van der Waals surface area contributed by atoms with Gasteiger partial charge in [-0.3, -0.25) is 14.4 Å². The molecule has 0 aliphatic heterocycles. The van der Waals surface area contributed by atoms with E-state index >= 15 is 0 Å². The van der Waals surface area contributed by atoms with Crippen LogP contribution in [0.5, 0.6) is 0 Å². The molecule has 1 N–H and O–H groups in total. The maximum absolute atomic E-state index is 12.9. The number of carbonyl (C=O) groups is 3. The van der Waals surface area contributed by atoms with Gasteiger partial charge in [0.15, 0.2) is 12.4 Å². The highest BCUT2D eigenvalue weighted by atomic mass is 19.1. The summed E-state index contributed by atoms with van der Waals surface area (Å²) in [4.78, 5) is 35.8. The van der Waals surface area contributed by atoms with Crippen LogP contribution in [0.2, 0.25) is 0 Å². The number of ketones is 1. The number of rotatable bonds is 9. The molecule has 0 aliphatic rings. The van der Waals surface area contributed by atoms with Crippen molar-refractivity contribution in [3.63, 3.8) is 0 Å². The summed E-state index contributed by atoms with van der Waals surface area (Å²) in [6, 6.07) is 12.6. The predicted octanol–water partition coefficient (Wildman–Crippen LogP) is 4.48. The van der Waals surface area contributed by atoms with E-state index in [9.17, 15) is 18.8 Å². The van der Waals surface area contributed by atoms with Gasteiger partial charge in [-0.2, -0.15) is 0 Å². The summed E-state index contributed by atoms with van der Waals surface area (Å²) in [7, 11) is 0. The Morgan fingerprint density at radius 2 is 1.71 bits per heavy atom. The van der Waals surface area contributed by atoms with E-state index in [-0.39, 0.29) is 24.5 Å². The molecule has 0 saturated heterocycles. The van der Waals surface area contributed by atoms with Crippen LogP contribution in [0.25, 0.3) is 0 Å². The molecule has 0 aliphatic carbocycles. The monoisotopic (exact) mass is 385 g/mol. The Hall–Kier alpha value is -3.02. The molecule has 28 heavy (non-hydrogen) atoms. The quantitative estimate of drug-likeness (QED) is 0.510. The van der Waals surface area contributed by atoms with Crippen LogP contribution in [0.4, 0.5) is 10.1 Å². The Labute approximate surface area is 163 Å². The zero-order chi connectivity index (χ0) is 20.5. The lowest BCUT2D eigenvalue weighted by atomic mass is 9.97. The molecule has 0 heterocycles. The smallest absolute Gasteiger partial charge is 0.306 e. The minimum absolute atomic E-state index is 0.0665. The number of anilines is 1. The van der Waals surface area contributed by atoms with Gasteiger partial charge in [0.25, 0.3) is 5.91 Å². The van der Waals surface area contributed by atoms with Gasteiger partial charge in [0.2, 0.25) is 0 Å². The summed E-state index contributed by atoms with van der Waals surface area (Å²) in [5.41, 5.74) is 2.05. The Morgan fingerprint density at radius 3 is 2.39 bits per heavy atom. The number of halogens is 1. The second-order valence-electron chi connectivity index (χ2n) is 6.54. The number of nitrogens with one attached hydrogen (secondary N) is 1. The highest BCUT2D eigenvalue weighted by molar-refractivity contribution is 5.98. The van der Waals surface area contributed by atoms with Gasteiger partial charge in [-0.25, -0.2) is 4.39 Å².